The highest BCUT2D eigenvalue weighted by atomic mass is 35.5. The first kappa shape index (κ1) is 24.1. The number of fused-ring (bicyclic) bond motifs is 1. The highest BCUT2D eigenvalue weighted by molar-refractivity contribution is 6.32. The lowest BCUT2D eigenvalue weighted by Crippen LogP contribution is -2.42. The second-order valence-corrected chi connectivity index (χ2v) is 9.36. The van der Waals surface area contributed by atoms with Gasteiger partial charge in [0.2, 0.25) is 5.88 Å². The zero-order chi connectivity index (χ0) is 24.7. The van der Waals surface area contributed by atoms with E-state index in [0.717, 1.165) is 18.2 Å². The molecule has 2 aromatic heterocycles. The average Bonchev–Trinajstić information content (AvgIpc) is 3.18. The van der Waals surface area contributed by atoms with Crippen LogP contribution in [-0.4, -0.2) is 49.4 Å². The van der Waals surface area contributed by atoms with E-state index in [2.05, 4.69) is 15.1 Å². The van der Waals surface area contributed by atoms with Gasteiger partial charge in [-0.05, 0) is 51.8 Å². The predicted molar refractivity (Wildman–Crippen MR) is 118 cm³/mol. The van der Waals surface area contributed by atoms with Crippen molar-refractivity contribution in [2.24, 2.45) is 0 Å². The first-order chi connectivity index (χ1) is 15.9. The third-order valence-electron chi connectivity index (χ3n) is 5.28. The van der Waals surface area contributed by atoms with E-state index < -0.39 is 17.3 Å². The number of halogens is 4. The lowest BCUT2D eigenvalue weighted by molar-refractivity contribution is -0.137. The molecular weight excluding hydrogens is 475 g/mol. The molecule has 0 bridgehead atoms. The molecule has 3 aromatic rings. The summed E-state index contributed by atoms with van der Waals surface area (Å²) in [5, 5.41) is 4.74. The molecule has 1 amide bonds. The van der Waals surface area contributed by atoms with Gasteiger partial charge >= 0.3 is 12.3 Å². The number of likely N-dealkylation sites (tertiary alicyclic amines) is 1. The summed E-state index contributed by atoms with van der Waals surface area (Å²) in [6, 6.07) is 2.84. The highest BCUT2D eigenvalue weighted by Crippen LogP contribution is 2.37. The molecule has 12 heteroatoms. The van der Waals surface area contributed by atoms with Crippen LogP contribution in [0.5, 0.6) is 11.6 Å². The smallest absolute Gasteiger partial charge is 0.416 e. The molecule has 0 radical (unpaired) electrons. The molecule has 1 aliphatic heterocycles. The van der Waals surface area contributed by atoms with Crippen LogP contribution in [0.25, 0.3) is 11.0 Å². The maximum atomic E-state index is 12.9. The number of alkyl halides is 3. The van der Waals surface area contributed by atoms with E-state index in [4.69, 9.17) is 21.1 Å². The summed E-state index contributed by atoms with van der Waals surface area (Å²) in [7, 11) is 0. The standard InChI is InChI=1S/C22H23ClF3N5O3/c1-21(2,3)34-20(32)30-8-6-14(7-9-30)31-18-15(11-29-31)19(28-12-27-18)33-17-5-4-13(10-16(17)23)22(24,25)26/h4-5,10-12,14H,6-9H2,1-3H3. The molecule has 1 aromatic carbocycles. The Morgan fingerprint density at radius 1 is 1.15 bits per heavy atom. The SMILES string of the molecule is CC(C)(C)OC(=O)N1CCC(n2ncc3c(Oc4ccc(C(F)(F)F)cc4Cl)ncnc32)CC1. The lowest BCUT2D eigenvalue weighted by atomic mass is 10.1. The van der Waals surface area contributed by atoms with Gasteiger partial charge in [0.1, 0.15) is 23.1 Å². The van der Waals surface area contributed by atoms with E-state index in [0.29, 0.717) is 37.0 Å². The molecular formula is C22H23ClF3N5O3. The van der Waals surface area contributed by atoms with Crippen LogP contribution in [0.15, 0.2) is 30.7 Å². The number of hydrogen-bond donors (Lipinski definition) is 0. The zero-order valence-electron chi connectivity index (χ0n) is 18.8. The van der Waals surface area contributed by atoms with Gasteiger partial charge in [0.05, 0.1) is 22.8 Å². The minimum absolute atomic E-state index is 0.00593. The Balaban J connectivity index is 1.50. The molecule has 0 atom stereocenters. The van der Waals surface area contributed by atoms with Crippen LogP contribution < -0.4 is 4.74 Å². The quantitative estimate of drug-likeness (QED) is 0.450. The Kier molecular flexibility index (Phi) is 6.32. The van der Waals surface area contributed by atoms with Crippen molar-refractivity contribution in [3.8, 4) is 11.6 Å². The molecule has 1 fully saturated rings. The van der Waals surface area contributed by atoms with Crippen molar-refractivity contribution in [1.82, 2.24) is 24.6 Å². The molecule has 0 N–H and O–H groups in total. The second-order valence-electron chi connectivity index (χ2n) is 8.95. The molecule has 182 valence electrons. The van der Waals surface area contributed by atoms with Crippen LogP contribution in [-0.2, 0) is 10.9 Å². The molecule has 0 spiro atoms. The number of hydrogen-bond acceptors (Lipinski definition) is 6. The normalized spacial score (nSPS) is 15.6. The Morgan fingerprint density at radius 3 is 2.47 bits per heavy atom. The molecule has 4 rings (SSSR count). The second kappa shape index (κ2) is 8.94. The minimum Gasteiger partial charge on any atom is -0.444 e. The molecule has 1 aliphatic rings. The first-order valence-electron chi connectivity index (χ1n) is 10.6. The van der Waals surface area contributed by atoms with Gasteiger partial charge in [0, 0.05) is 13.1 Å². The zero-order valence-corrected chi connectivity index (χ0v) is 19.5. The summed E-state index contributed by atoms with van der Waals surface area (Å²) in [6.45, 7) is 6.49. The van der Waals surface area contributed by atoms with Gasteiger partial charge in [-0.1, -0.05) is 11.6 Å². The lowest BCUT2D eigenvalue weighted by Gasteiger charge is -2.33. The van der Waals surface area contributed by atoms with Crippen LogP contribution in [0, 0.1) is 0 Å². The summed E-state index contributed by atoms with van der Waals surface area (Å²) in [4.78, 5) is 22.4. The van der Waals surface area contributed by atoms with Crippen LogP contribution in [0.2, 0.25) is 5.02 Å². The van der Waals surface area contributed by atoms with Crippen molar-refractivity contribution in [3.63, 3.8) is 0 Å². The summed E-state index contributed by atoms with van der Waals surface area (Å²) in [6.07, 6.45) is -0.707. The van der Waals surface area contributed by atoms with Crippen LogP contribution in [0.1, 0.15) is 45.2 Å². The summed E-state index contributed by atoms with van der Waals surface area (Å²) in [5.74, 6) is 0.164. The molecule has 0 unspecified atom stereocenters. The average molecular weight is 498 g/mol. The van der Waals surface area contributed by atoms with E-state index in [-0.39, 0.29) is 28.8 Å². The maximum Gasteiger partial charge on any atom is 0.416 e. The minimum atomic E-state index is -4.51. The van der Waals surface area contributed by atoms with Crippen molar-refractivity contribution in [2.75, 3.05) is 13.1 Å². The molecule has 1 saturated heterocycles. The van der Waals surface area contributed by atoms with E-state index in [1.165, 1.54) is 6.33 Å². The van der Waals surface area contributed by atoms with Gasteiger partial charge < -0.3 is 14.4 Å². The van der Waals surface area contributed by atoms with Crippen molar-refractivity contribution in [2.45, 2.75) is 51.4 Å². The van der Waals surface area contributed by atoms with Gasteiger partial charge in [-0.2, -0.15) is 18.3 Å². The maximum absolute atomic E-state index is 12.9. The summed E-state index contributed by atoms with van der Waals surface area (Å²) in [5.41, 5.74) is -0.915. The monoisotopic (exact) mass is 497 g/mol. The molecule has 0 aliphatic carbocycles. The number of amides is 1. The summed E-state index contributed by atoms with van der Waals surface area (Å²) >= 11 is 6.01. The van der Waals surface area contributed by atoms with Gasteiger partial charge in [-0.25, -0.2) is 19.4 Å². The van der Waals surface area contributed by atoms with E-state index in [1.807, 2.05) is 20.8 Å². The number of carbonyl (C=O) groups is 1. The third kappa shape index (κ3) is 5.19. The first-order valence-corrected chi connectivity index (χ1v) is 11.0. The van der Waals surface area contributed by atoms with E-state index in [9.17, 15) is 18.0 Å². The molecule has 8 nitrogen and oxygen atoms in total. The Labute approximate surface area is 198 Å². The summed E-state index contributed by atoms with van der Waals surface area (Å²) < 4.78 is 51.6. The van der Waals surface area contributed by atoms with Gasteiger partial charge in [-0.15, -0.1) is 0 Å². The Morgan fingerprint density at radius 2 is 1.85 bits per heavy atom. The Bertz CT molecular complexity index is 1200. The largest absolute Gasteiger partial charge is 0.444 e. The fourth-order valence-corrected chi connectivity index (χ4v) is 3.89. The van der Waals surface area contributed by atoms with E-state index in [1.54, 1.807) is 15.8 Å². The number of ether oxygens (including phenoxy) is 2. The fourth-order valence-electron chi connectivity index (χ4n) is 3.67. The number of rotatable bonds is 3. The van der Waals surface area contributed by atoms with Crippen molar-refractivity contribution in [3.05, 3.63) is 41.3 Å². The van der Waals surface area contributed by atoms with Gasteiger partial charge in [0.25, 0.3) is 0 Å². The van der Waals surface area contributed by atoms with E-state index >= 15 is 0 Å². The van der Waals surface area contributed by atoms with Crippen molar-refractivity contribution < 1.29 is 27.4 Å². The Hall–Kier alpha value is -3.08. The van der Waals surface area contributed by atoms with Crippen LogP contribution >= 0.6 is 11.6 Å². The van der Waals surface area contributed by atoms with Crippen LogP contribution in [0.4, 0.5) is 18.0 Å². The van der Waals surface area contributed by atoms with Crippen LogP contribution in [0.3, 0.4) is 0 Å². The highest BCUT2D eigenvalue weighted by Gasteiger charge is 2.32. The number of piperidine rings is 1. The number of benzene rings is 1. The fraction of sp³-hybridized carbons (Fsp3) is 0.455. The van der Waals surface area contributed by atoms with Gasteiger partial charge in [-0.3, -0.25) is 0 Å². The molecule has 0 saturated carbocycles. The third-order valence-corrected chi connectivity index (χ3v) is 5.58. The molecule has 34 heavy (non-hydrogen) atoms. The number of carbonyl (C=O) groups excluding carboxylic acids is 1. The van der Waals surface area contributed by atoms with Crippen molar-refractivity contribution in [1.29, 1.82) is 0 Å². The number of aromatic nitrogens is 4. The topological polar surface area (TPSA) is 82.4 Å². The molecule has 3 heterocycles. The number of nitrogens with zero attached hydrogens (tertiary/aromatic N) is 5. The van der Waals surface area contributed by atoms with Gasteiger partial charge in [0.15, 0.2) is 5.65 Å². The predicted octanol–water partition coefficient (Wildman–Crippen LogP) is 5.86. The van der Waals surface area contributed by atoms with Crippen molar-refractivity contribution >= 4 is 28.7 Å².